The summed E-state index contributed by atoms with van der Waals surface area (Å²) in [6, 6.07) is 8.68. The van der Waals surface area contributed by atoms with Crippen LogP contribution in [0.1, 0.15) is 34.3 Å². The molecule has 2 aromatic carbocycles. The van der Waals surface area contributed by atoms with Crippen LogP contribution in [0.3, 0.4) is 0 Å². The number of sulfonamides is 1. The number of rotatable bonds is 7. The minimum absolute atomic E-state index is 0.000307. The number of carbonyl (C=O) groups excluding carboxylic acids is 1. The fraction of sp³-hybridized carbons (Fsp3) is 0.250. The summed E-state index contributed by atoms with van der Waals surface area (Å²) in [5.74, 6) is -2.54. The molecule has 158 valence electrons. The third-order valence-corrected chi connectivity index (χ3v) is 6.28. The highest BCUT2D eigenvalue weighted by Crippen LogP contribution is 2.32. The Kier molecular flexibility index (Phi) is 5.79. The third kappa shape index (κ3) is 4.28. The van der Waals surface area contributed by atoms with Gasteiger partial charge in [0.05, 0.1) is 22.6 Å². The van der Waals surface area contributed by atoms with Gasteiger partial charge >= 0.3 is 11.9 Å². The van der Waals surface area contributed by atoms with Gasteiger partial charge in [0, 0.05) is 18.7 Å². The van der Waals surface area contributed by atoms with Crippen LogP contribution in [-0.2, 0) is 26.0 Å². The number of anilines is 2. The normalized spacial score (nSPS) is 13.0. The van der Waals surface area contributed by atoms with Crippen molar-refractivity contribution in [3.8, 4) is 0 Å². The maximum absolute atomic E-state index is 12.8. The van der Waals surface area contributed by atoms with E-state index in [0.717, 1.165) is 0 Å². The van der Waals surface area contributed by atoms with E-state index in [1.807, 2.05) is 0 Å². The summed E-state index contributed by atoms with van der Waals surface area (Å²) in [6.07, 6.45) is 0.0520. The standard InChI is InChI=1S/C20H20N2O7S/c1-12-15(20(26)27)3-2-4-16(12)21-30(28,29)14-5-6-17-13(11-14)9-10-22(17)18(23)7-8-19(24)25/h2-6,11,21H,7-10H2,1H3,(H,24,25)(H,26,27). The molecule has 0 unspecified atom stereocenters. The van der Waals surface area contributed by atoms with Crippen molar-refractivity contribution in [1.29, 1.82) is 0 Å². The third-order valence-electron chi connectivity index (χ3n) is 4.92. The van der Waals surface area contributed by atoms with Gasteiger partial charge in [0.25, 0.3) is 10.0 Å². The monoisotopic (exact) mass is 432 g/mol. The molecule has 0 radical (unpaired) electrons. The van der Waals surface area contributed by atoms with Crippen LogP contribution in [0, 0.1) is 6.92 Å². The topological polar surface area (TPSA) is 141 Å². The van der Waals surface area contributed by atoms with Crippen LogP contribution in [-0.4, -0.2) is 43.0 Å². The van der Waals surface area contributed by atoms with E-state index >= 15 is 0 Å². The van der Waals surface area contributed by atoms with Crippen LogP contribution in [0.5, 0.6) is 0 Å². The number of carboxylic acids is 2. The Labute approximate surface area is 173 Å². The van der Waals surface area contributed by atoms with E-state index in [9.17, 15) is 27.9 Å². The fourth-order valence-electron chi connectivity index (χ4n) is 3.33. The molecular weight excluding hydrogens is 412 g/mol. The van der Waals surface area contributed by atoms with Crippen molar-refractivity contribution in [1.82, 2.24) is 0 Å². The number of carbonyl (C=O) groups is 3. The molecule has 0 aliphatic carbocycles. The molecule has 1 aliphatic heterocycles. The molecule has 30 heavy (non-hydrogen) atoms. The Morgan fingerprint density at radius 1 is 1.10 bits per heavy atom. The minimum Gasteiger partial charge on any atom is -0.481 e. The highest BCUT2D eigenvalue weighted by Gasteiger charge is 2.27. The van der Waals surface area contributed by atoms with Gasteiger partial charge < -0.3 is 15.1 Å². The summed E-state index contributed by atoms with van der Waals surface area (Å²) in [4.78, 5) is 35.6. The average molecular weight is 432 g/mol. The number of aromatic carboxylic acids is 1. The van der Waals surface area contributed by atoms with Gasteiger partial charge in [-0.1, -0.05) is 6.07 Å². The molecule has 0 spiro atoms. The first kappa shape index (κ1) is 21.3. The summed E-state index contributed by atoms with van der Waals surface area (Å²) in [5, 5.41) is 17.9. The molecule has 10 heteroatoms. The van der Waals surface area contributed by atoms with Crippen molar-refractivity contribution >= 4 is 39.2 Å². The Bertz CT molecular complexity index is 1140. The van der Waals surface area contributed by atoms with Gasteiger partial charge in [-0.2, -0.15) is 0 Å². The zero-order valence-corrected chi connectivity index (χ0v) is 16.9. The molecule has 1 heterocycles. The van der Waals surface area contributed by atoms with Gasteiger partial charge in [0.2, 0.25) is 5.91 Å². The molecule has 0 saturated carbocycles. The van der Waals surface area contributed by atoms with Crippen molar-refractivity contribution in [3.63, 3.8) is 0 Å². The lowest BCUT2D eigenvalue weighted by Gasteiger charge is -2.17. The lowest BCUT2D eigenvalue weighted by molar-refractivity contribution is -0.138. The number of nitrogens with zero attached hydrogens (tertiary/aromatic N) is 1. The van der Waals surface area contributed by atoms with Crippen LogP contribution >= 0.6 is 0 Å². The molecule has 9 nitrogen and oxygen atoms in total. The Morgan fingerprint density at radius 2 is 1.83 bits per heavy atom. The van der Waals surface area contributed by atoms with Crippen molar-refractivity contribution in [2.24, 2.45) is 0 Å². The van der Waals surface area contributed by atoms with Crippen LogP contribution in [0.15, 0.2) is 41.3 Å². The quantitative estimate of drug-likeness (QED) is 0.609. The van der Waals surface area contributed by atoms with E-state index in [2.05, 4.69) is 4.72 Å². The number of hydrogen-bond donors (Lipinski definition) is 3. The number of benzene rings is 2. The predicted octanol–water partition coefficient (Wildman–Crippen LogP) is 2.25. The zero-order chi connectivity index (χ0) is 22.1. The van der Waals surface area contributed by atoms with Gasteiger partial charge in [-0.15, -0.1) is 0 Å². The van der Waals surface area contributed by atoms with E-state index in [1.165, 1.54) is 48.2 Å². The molecular formula is C20H20N2O7S. The first-order chi connectivity index (χ1) is 14.1. The highest BCUT2D eigenvalue weighted by molar-refractivity contribution is 7.92. The van der Waals surface area contributed by atoms with Gasteiger partial charge in [-0.05, 0) is 54.8 Å². The number of hydrogen-bond acceptors (Lipinski definition) is 5. The highest BCUT2D eigenvalue weighted by atomic mass is 32.2. The number of carboxylic acid groups (broad SMARTS) is 2. The maximum atomic E-state index is 12.8. The van der Waals surface area contributed by atoms with E-state index in [4.69, 9.17) is 5.11 Å². The van der Waals surface area contributed by atoms with Crippen molar-refractivity contribution < 1.29 is 33.0 Å². The van der Waals surface area contributed by atoms with Crippen LogP contribution in [0.2, 0.25) is 0 Å². The second-order valence-electron chi connectivity index (χ2n) is 6.87. The lowest BCUT2D eigenvalue weighted by Crippen LogP contribution is -2.29. The van der Waals surface area contributed by atoms with Crippen molar-refractivity contribution in [2.75, 3.05) is 16.2 Å². The number of nitrogens with one attached hydrogen (secondary N) is 1. The molecule has 0 fully saturated rings. The van der Waals surface area contributed by atoms with E-state index in [0.29, 0.717) is 29.8 Å². The first-order valence-corrected chi connectivity index (χ1v) is 10.6. The van der Waals surface area contributed by atoms with E-state index in [1.54, 1.807) is 0 Å². The van der Waals surface area contributed by atoms with E-state index in [-0.39, 0.29) is 34.9 Å². The summed E-state index contributed by atoms with van der Waals surface area (Å²) >= 11 is 0. The van der Waals surface area contributed by atoms with Crippen molar-refractivity contribution in [2.45, 2.75) is 31.1 Å². The minimum atomic E-state index is -3.98. The SMILES string of the molecule is Cc1c(NS(=O)(=O)c2ccc3c(c2)CCN3C(=O)CCC(=O)O)cccc1C(=O)O. The number of amides is 1. The number of fused-ring (bicyclic) bond motifs is 1. The molecule has 0 atom stereocenters. The smallest absolute Gasteiger partial charge is 0.336 e. The van der Waals surface area contributed by atoms with Gasteiger partial charge in [0.1, 0.15) is 0 Å². The molecule has 1 aliphatic rings. The number of aliphatic carboxylic acids is 1. The van der Waals surface area contributed by atoms with Crippen LogP contribution in [0.25, 0.3) is 0 Å². The Hall–Kier alpha value is -3.40. The average Bonchev–Trinajstić information content (AvgIpc) is 3.10. The predicted molar refractivity (Wildman–Crippen MR) is 108 cm³/mol. The summed E-state index contributed by atoms with van der Waals surface area (Å²) < 4.78 is 28.1. The summed E-state index contributed by atoms with van der Waals surface area (Å²) in [5.41, 5.74) is 1.69. The molecule has 0 bridgehead atoms. The first-order valence-electron chi connectivity index (χ1n) is 9.11. The van der Waals surface area contributed by atoms with Crippen molar-refractivity contribution in [3.05, 3.63) is 53.1 Å². The fourth-order valence-corrected chi connectivity index (χ4v) is 4.51. The largest absolute Gasteiger partial charge is 0.481 e. The van der Waals surface area contributed by atoms with Crippen LogP contribution < -0.4 is 9.62 Å². The maximum Gasteiger partial charge on any atom is 0.336 e. The molecule has 3 rings (SSSR count). The van der Waals surface area contributed by atoms with Gasteiger partial charge in [-0.3, -0.25) is 14.3 Å². The molecule has 1 amide bonds. The van der Waals surface area contributed by atoms with Gasteiger partial charge in [0.15, 0.2) is 0 Å². The van der Waals surface area contributed by atoms with E-state index < -0.39 is 22.0 Å². The molecule has 2 aromatic rings. The lowest BCUT2D eigenvalue weighted by atomic mass is 10.1. The molecule has 3 N–H and O–H groups in total. The molecule has 0 saturated heterocycles. The van der Waals surface area contributed by atoms with Crippen LogP contribution in [0.4, 0.5) is 11.4 Å². The molecule has 0 aromatic heterocycles. The summed E-state index contributed by atoms with van der Waals surface area (Å²) in [6.45, 7) is 1.87. The Balaban J connectivity index is 1.84. The second kappa shape index (κ2) is 8.15. The van der Waals surface area contributed by atoms with Gasteiger partial charge in [-0.25, -0.2) is 13.2 Å². The second-order valence-corrected chi connectivity index (χ2v) is 8.55. The summed E-state index contributed by atoms with van der Waals surface area (Å²) in [7, 11) is -3.98. The zero-order valence-electron chi connectivity index (χ0n) is 16.1. The Morgan fingerprint density at radius 3 is 2.50 bits per heavy atom.